The SMILES string of the molecule is C[C@H]1CCSCCN1C(=O)Nc1ccc(C(C)(C)C)nn1. The van der Waals surface area contributed by atoms with Crippen LogP contribution >= 0.6 is 11.8 Å². The van der Waals surface area contributed by atoms with Crippen molar-refractivity contribution in [1.29, 1.82) is 0 Å². The molecule has 1 atom stereocenters. The van der Waals surface area contributed by atoms with E-state index in [1.165, 1.54) is 0 Å². The zero-order valence-electron chi connectivity index (χ0n) is 13.2. The molecule has 0 saturated carbocycles. The monoisotopic (exact) mass is 308 g/mol. The summed E-state index contributed by atoms with van der Waals surface area (Å²) >= 11 is 1.90. The number of amides is 2. The lowest BCUT2D eigenvalue weighted by Crippen LogP contribution is -2.42. The summed E-state index contributed by atoms with van der Waals surface area (Å²) in [5.41, 5.74) is 0.881. The summed E-state index contributed by atoms with van der Waals surface area (Å²) in [6.07, 6.45) is 1.03. The minimum absolute atomic E-state index is 0.0357. The topological polar surface area (TPSA) is 58.1 Å². The largest absolute Gasteiger partial charge is 0.323 e. The number of urea groups is 1. The summed E-state index contributed by atoms with van der Waals surface area (Å²) in [6, 6.07) is 3.93. The predicted octanol–water partition coefficient (Wildman–Crippen LogP) is 3.13. The van der Waals surface area contributed by atoms with Gasteiger partial charge in [-0.3, -0.25) is 5.32 Å². The minimum Gasteiger partial charge on any atom is -0.321 e. The van der Waals surface area contributed by atoms with E-state index >= 15 is 0 Å². The van der Waals surface area contributed by atoms with Gasteiger partial charge in [-0.05, 0) is 31.2 Å². The predicted molar refractivity (Wildman–Crippen MR) is 87.9 cm³/mol. The maximum Gasteiger partial charge on any atom is 0.323 e. The van der Waals surface area contributed by atoms with E-state index in [0.29, 0.717) is 5.82 Å². The summed E-state index contributed by atoms with van der Waals surface area (Å²) in [5.74, 6) is 2.62. The van der Waals surface area contributed by atoms with Crippen LogP contribution in [-0.4, -0.2) is 45.2 Å². The second kappa shape index (κ2) is 6.64. The van der Waals surface area contributed by atoms with Crippen molar-refractivity contribution >= 4 is 23.6 Å². The normalized spacial score (nSPS) is 20.0. The fourth-order valence-corrected chi connectivity index (χ4v) is 3.21. The van der Waals surface area contributed by atoms with Gasteiger partial charge >= 0.3 is 6.03 Å². The quantitative estimate of drug-likeness (QED) is 0.866. The Morgan fingerprint density at radius 2 is 2.10 bits per heavy atom. The maximum atomic E-state index is 12.4. The van der Waals surface area contributed by atoms with Crippen molar-refractivity contribution in [2.45, 2.75) is 45.6 Å². The van der Waals surface area contributed by atoms with Crippen LogP contribution in [0.4, 0.5) is 10.6 Å². The van der Waals surface area contributed by atoms with Crippen LogP contribution in [0, 0.1) is 0 Å². The number of nitrogens with one attached hydrogen (secondary N) is 1. The fourth-order valence-electron chi connectivity index (χ4n) is 2.18. The van der Waals surface area contributed by atoms with Crippen LogP contribution < -0.4 is 5.32 Å². The molecule has 0 aliphatic carbocycles. The molecule has 116 valence electrons. The van der Waals surface area contributed by atoms with Crippen molar-refractivity contribution < 1.29 is 4.79 Å². The van der Waals surface area contributed by atoms with Gasteiger partial charge in [0.15, 0.2) is 5.82 Å². The van der Waals surface area contributed by atoms with E-state index in [0.717, 1.165) is 30.2 Å². The standard InChI is InChI=1S/C15H24N4OS/c1-11-7-9-21-10-8-19(11)14(20)16-13-6-5-12(17-18-13)15(2,3)4/h5-6,11H,7-10H2,1-4H3,(H,16,18,20)/t11-/m0/s1. The van der Waals surface area contributed by atoms with Crippen LogP contribution in [0.3, 0.4) is 0 Å². The molecule has 0 spiro atoms. The summed E-state index contributed by atoms with van der Waals surface area (Å²) in [5, 5.41) is 11.2. The highest BCUT2D eigenvalue weighted by Gasteiger charge is 2.23. The van der Waals surface area contributed by atoms with Gasteiger partial charge in [-0.1, -0.05) is 20.8 Å². The van der Waals surface area contributed by atoms with Gasteiger partial charge in [-0.2, -0.15) is 16.9 Å². The Morgan fingerprint density at radius 1 is 1.33 bits per heavy atom. The maximum absolute atomic E-state index is 12.4. The Balaban J connectivity index is 2.02. The molecule has 1 fully saturated rings. The van der Waals surface area contributed by atoms with Crippen LogP contribution in [0.1, 0.15) is 39.8 Å². The second-order valence-corrected chi connectivity index (χ2v) is 7.65. The molecular weight excluding hydrogens is 284 g/mol. The van der Waals surface area contributed by atoms with Crippen LogP contribution in [0.2, 0.25) is 0 Å². The molecule has 0 unspecified atom stereocenters. The summed E-state index contributed by atoms with van der Waals surface area (Å²) in [6.45, 7) is 9.15. The first-order chi connectivity index (χ1) is 9.88. The Kier molecular flexibility index (Phi) is 5.08. The second-order valence-electron chi connectivity index (χ2n) is 6.43. The van der Waals surface area contributed by atoms with Crippen LogP contribution in [0.5, 0.6) is 0 Å². The number of carbonyl (C=O) groups is 1. The number of aromatic nitrogens is 2. The molecule has 2 rings (SSSR count). The van der Waals surface area contributed by atoms with Crippen molar-refractivity contribution in [3.05, 3.63) is 17.8 Å². The molecule has 1 N–H and O–H groups in total. The van der Waals surface area contributed by atoms with Gasteiger partial charge < -0.3 is 4.90 Å². The molecule has 0 aromatic carbocycles. The molecule has 0 bridgehead atoms. The van der Waals surface area contributed by atoms with E-state index in [2.05, 4.69) is 43.2 Å². The van der Waals surface area contributed by atoms with E-state index in [1.54, 1.807) is 0 Å². The molecule has 2 heterocycles. The van der Waals surface area contributed by atoms with Gasteiger partial charge in [-0.25, -0.2) is 4.79 Å². The Hall–Kier alpha value is -1.30. The molecule has 2 amide bonds. The average molecular weight is 308 g/mol. The summed E-state index contributed by atoms with van der Waals surface area (Å²) in [7, 11) is 0. The molecule has 1 aliphatic rings. The molecule has 5 nitrogen and oxygen atoms in total. The molecule has 1 aromatic heterocycles. The number of hydrogen-bond acceptors (Lipinski definition) is 4. The molecule has 1 aliphatic heterocycles. The zero-order chi connectivity index (χ0) is 15.5. The number of rotatable bonds is 1. The van der Waals surface area contributed by atoms with Crippen molar-refractivity contribution in [3.63, 3.8) is 0 Å². The lowest BCUT2D eigenvalue weighted by molar-refractivity contribution is 0.197. The number of anilines is 1. The lowest BCUT2D eigenvalue weighted by Gasteiger charge is -2.26. The smallest absolute Gasteiger partial charge is 0.321 e. The van der Waals surface area contributed by atoms with Gasteiger partial charge in [-0.15, -0.1) is 5.10 Å². The van der Waals surface area contributed by atoms with E-state index in [-0.39, 0.29) is 17.5 Å². The molecule has 1 saturated heterocycles. The van der Waals surface area contributed by atoms with Crippen molar-refractivity contribution in [1.82, 2.24) is 15.1 Å². The number of nitrogens with zero attached hydrogens (tertiary/aromatic N) is 3. The van der Waals surface area contributed by atoms with Crippen molar-refractivity contribution in [2.75, 3.05) is 23.4 Å². The van der Waals surface area contributed by atoms with Crippen molar-refractivity contribution in [3.8, 4) is 0 Å². The zero-order valence-corrected chi connectivity index (χ0v) is 14.0. The Morgan fingerprint density at radius 3 is 2.71 bits per heavy atom. The summed E-state index contributed by atoms with van der Waals surface area (Å²) in [4.78, 5) is 14.2. The molecule has 0 radical (unpaired) electrons. The number of thioether (sulfide) groups is 1. The number of hydrogen-bond donors (Lipinski definition) is 1. The van der Waals surface area contributed by atoms with E-state index in [4.69, 9.17) is 0 Å². The molecular formula is C15H24N4OS. The fraction of sp³-hybridized carbons (Fsp3) is 0.667. The van der Waals surface area contributed by atoms with Gasteiger partial charge in [0.1, 0.15) is 0 Å². The van der Waals surface area contributed by atoms with E-state index in [9.17, 15) is 4.79 Å². The highest BCUT2D eigenvalue weighted by Crippen LogP contribution is 2.20. The van der Waals surface area contributed by atoms with Crippen molar-refractivity contribution in [2.24, 2.45) is 0 Å². The average Bonchev–Trinajstić information content (AvgIpc) is 2.63. The van der Waals surface area contributed by atoms with Crippen LogP contribution in [-0.2, 0) is 5.41 Å². The van der Waals surface area contributed by atoms with Gasteiger partial charge in [0.05, 0.1) is 5.69 Å². The Bertz CT molecular complexity index is 483. The third kappa shape index (κ3) is 4.33. The van der Waals surface area contributed by atoms with Gasteiger partial charge in [0, 0.05) is 23.8 Å². The molecule has 21 heavy (non-hydrogen) atoms. The third-order valence-electron chi connectivity index (χ3n) is 3.62. The first kappa shape index (κ1) is 16.1. The van der Waals surface area contributed by atoms with E-state index < -0.39 is 0 Å². The number of carbonyl (C=O) groups excluding carboxylic acids is 1. The highest BCUT2D eigenvalue weighted by molar-refractivity contribution is 7.99. The minimum atomic E-state index is -0.0807. The lowest BCUT2D eigenvalue weighted by atomic mass is 9.92. The highest BCUT2D eigenvalue weighted by atomic mass is 32.2. The molecule has 1 aromatic rings. The molecule has 6 heteroatoms. The van der Waals surface area contributed by atoms with Gasteiger partial charge in [0.25, 0.3) is 0 Å². The summed E-state index contributed by atoms with van der Waals surface area (Å²) < 4.78 is 0. The van der Waals surface area contributed by atoms with Crippen LogP contribution in [0.25, 0.3) is 0 Å². The third-order valence-corrected chi connectivity index (χ3v) is 4.61. The van der Waals surface area contributed by atoms with Crippen LogP contribution in [0.15, 0.2) is 12.1 Å². The van der Waals surface area contributed by atoms with Gasteiger partial charge in [0.2, 0.25) is 0 Å². The first-order valence-electron chi connectivity index (χ1n) is 7.37. The van der Waals surface area contributed by atoms with E-state index in [1.807, 2.05) is 28.8 Å². The Labute approximate surface area is 130 Å². The first-order valence-corrected chi connectivity index (χ1v) is 8.53.